The van der Waals surface area contributed by atoms with Crippen LogP contribution in [0.2, 0.25) is 0 Å². The largest absolute Gasteiger partial charge is 0.396 e. The van der Waals surface area contributed by atoms with Gasteiger partial charge in [-0.05, 0) is 37.2 Å². The summed E-state index contributed by atoms with van der Waals surface area (Å²) in [5.74, 6) is 0.986. The van der Waals surface area contributed by atoms with Crippen molar-refractivity contribution in [3.63, 3.8) is 0 Å². The molecule has 2 atom stereocenters. The molecular formula is C24H40N4O2. The molecule has 2 fully saturated rings. The number of fused-ring (bicyclic) bond motifs is 1. The summed E-state index contributed by atoms with van der Waals surface area (Å²) in [5.41, 5.74) is 1.44. The van der Waals surface area contributed by atoms with Crippen molar-refractivity contribution < 1.29 is 9.84 Å². The third-order valence-electron chi connectivity index (χ3n) is 6.99. The lowest BCUT2D eigenvalue weighted by molar-refractivity contribution is -0.0502. The maximum atomic E-state index is 9.54. The van der Waals surface area contributed by atoms with Crippen molar-refractivity contribution in [3.05, 3.63) is 35.9 Å². The Balaban J connectivity index is 1.70. The number of benzene rings is 1. The Morgan fingerprint density at radius 2 is 1.97 bits per heavy atom. The molecule has 6 heteroatoms. The van der Waals surface area contributed by atoms with Crippen molar-refractivity contribution in [1.29, 1.82) is 0 Å². The molecule has 2 aliphatic heterocycles. The van der Waals surface area contributed by atoms with Crippen molar-refractivity contribution in [1.82, 2.24) is 15.1 Å². The van der Waals surface area contributed by atoms with Gasteiger partial charge in [-0.2, -0.15) is 0 Å². The normalized spacial score (nSPS) is 22.9. The number of nitrogens with one attached hydrogen (secondary N) is 1. The molecule has 0 bridgehead atoms. The lowest BCUT2D eigenvalue weighted by Crippen LogP contribution is -2.50. The van der Waals surface area contributed by atoms with Crippen molar-refractivity contribution in [2.24, 2.45) is 10.4 Å². The van der Waals surface area contributed by atoms with Gasteiger partial charge in [-0.25, -0.2) is 0 Å². The number of nitrogens with zero attached hydrogens (tertiary/aromatic N) is 3. The maximum Gasteiger partial charge on any atom is 0.194 e. The van der Waals surface area contributed by atoms with Crippen LogP contribution in [0, 0.1) is 5.41 Å². The molecule has 1 aromatic rings. The molecule has 0 spiro atoms. The quantitative estimate of drug-likeness (QED) is 0.479. The SMILES string of the molecule is CCNC(=NCC(CC)(CC)CCO)N1CC2OCCN(Cc3ccccc3)C2C1. The van der Waals surface area contributed by atoms with E-state index in [-0.39, 0.29) is 18.1 Å². The van der Waals surface area contributed by atoms with Crippen molar-refractivity contribution in [3.8, 4) is 0 Å². The molecule has 0 aliphatic carbocycles. The van der Waals surface area contributed by atoms with Gasteiger partial charge in [0.1, 0.15) is 0 Å². The van der Waals surface area contributed by atoms with Crippen LogP contribution >= 0.6 is 0 Å². The Kier molecular flexibility index (Phi) is 8.54. The fourth-order valence-corrected chi connectivity index (χ4v) is 4.76. The van der Waals surface area contributed by atoms with E-state index in [2.05, 4.69) is 66.2 Å². The molecule has 0 saturated carbocycles. The average Bonchev–Trinajstić information content (AvgIpc) is 3.22. The van der Waals surface area contributed by atoms with Crippen LogP contribution in [0.1, 0.15) is 45.6 Å². The highest BCUT2D eigenvalue weighted by Crippen LogP contribution is 2.31. The zero-order chi connectivity index (χ0) is 21.4. The van der Waals surface area contributed by atoms with Gasteiger partial charge < -0.3 is 20.1 Å². The van der Waals surface area contributed by atoms with Crippen LogP contribution in [-0.4, -0.2) is 78.9 Å². The molecule has 2 unspecified atom stereocenters. The fourth-order valence-electron chi connectivity index (χ4n) is 4.76. The molecule has 2 aliphatic rings. The standard InChI is InChI=1S/C24H40N4O2/c1-4-24(5-2,12-14-29)19-26-23(25-6-3)28-17-21-22(18-28)30-15-13-27(21)16-20-10-8-7-9-11-20/h7-11,21-22,29H,4-6,12-19H2,1-3H3,(H,25,26). The van der Waals surface area contributed by atoms with Gasteiger partial charge in [0.25, 0.3) is 0 Å². The third kappa shape index (κ3) is 5.54. The molecule has 30 heavy (non-hydrogen) atoms. The van der Waals surface area contributed by atoms with Gasteiger partial charge in [0.15, 0.2) is 5.96 Å². The second-order valence-corrected chi connectivity index (χ2v) is 8.69. The smallest absolute Gasteiger partial charge is 0.194 e. The summed E-state index contributed by atoms with van der Waals surface area (Å²) in [4.78, 5) is 9.98. The number of likely N-dealkylation sites (tertiary alicyclic amines) is 1. The zero-order valence-corrected chi connectivity index (χ0v) is 19.0. The number of guanidine groups is 1. The Bertz CT molecular complexity index is 662. The van der Waals surface area contributed by atoms with Crippen molar-refractivity contribution in [2.45, 2.75) is 58.7 Å². The zero-order valence-electron chi connectivity index (χ0n) is 19.0. The highest BCUT2D eigenvalue weighted by molar-refractivity contribution is 5.80. The summed E-state index contributed by atoms with van der Waals surface area (Å²) in [5, 5.41) is 13.0. The summed E-state index contributed by atoms with van der Waals surface area (Å²) >= 11 is 0. The number of hydrogen-bond donors (Lipinski definition) is 2. The van der Waals surface area contributed by atoms with Gasteiger partial charge in [0.05, 0.1) is 18.8 Å². The maximum absolute atomic E-state index is 9.54. The van der Waals surface area contributed by atoms with E-state index in [9.17, 15) is 5.11 Å². The van der Waals surface area contributed by atoms with Gasteiger partial charge in [-0.1, -0.05) is 44.2 Å². The third-order valence-corrected chi connectivity index (χ3v) is 6.99. The van der Waals surface area contributed by atoms with Crippen LogP contribution in [0.3, 0.4) is 0 Å². The number of morpholine rings is 1. The monoisotopic (exact) mass is 416 g/mol. The molecule has 168 valence electrons. The van der Waals surface area contributed by atoms with Gasteiger partial charge in [0, 0.05) is 45.9 Å². The fraction of sp³-hybridized carbons (Fsp3) is 0.708. The molecule has 1 aromatic carbocycles. The number of aliphatic imine (C=N–C) groups is 1. The lowest BCUT2D eigenvalue weighted by atomic mass is 9.79. The van der Waals surface area contributed by atoms with Crippen LogP contribution in [0.4, 0.5) is 0 Å². The number of ether oxygens (including phenoxy) is 1. The molecule has 2 heterocycles. The Morgan fingerprint density at radius 3 is 2.63 bits per heavy atom. The van der Waals surface area contributed by atoms with E-state index in [0.717, 1.165) is 71.1 Å². The van der Waals surface area contributed by atoms with E-state index in [1.54, 1.807) is 0 Å². The van der Waals surface area contributed by atoms with Gasteiger partial charge >= 0.3 is 0 Å². The molecule has 3 rings (SSSR count). The van der Waals surface area contributed by atoms with E-state index in [1.807, 2.05) is 0 Å². The Hall–Kier alpha value is -1.63. The predicted molar refractivity (Wildman–Crippen MR) is 123 cm³/mol. The van der Waals surface area contributed by atoms with Crippen LogP contribution in [-0.2, 0) is 11.3 Å². The highest BCUT2D eigenvalue weighted by Gasteiger charge is 2.41. The van der Waals surface area contributed by atoms with Crippen LogP contribution in [0.15, 0.2) is 35.3 Å². The van der Waals surface area contributed by atoms with Gasteiger partial charge in [-0.15, -0.1) is 0 Å². The second kappa shape index (κ2) is 11.1. The summed E-state index contributed by atoms with van der Waals surface area (Å²) in [6.07, 6.45) is 3.10. The Morgan fingerprint density at radius 1 is 1.20 bits per heavy atom. The van der Waals surface area contributed by atoms with Crippen molar-refractivity contribution in [2.75, 3.05) is 45.9 Å². The van der Waals surface area contributed by atoms with E-state index in [0.29, 0.717) is 6.04 Å². The molecular weight excluding hydrogens is 376 g/mol. The molecule has 2 saturated heterocycles. The van der Waals surface area contributed by atoms with E-state index in [4.69, 9.17) is 9.73 Å². The first-order valence-corrected chi connectivity index (χ1v) is 11.7. The molecule has 0 amide bonds. The first-order valence-electron chi connectivity index (χ1n) is 11.7. The highest BCUT2D eigenvalue weighted by atomic mass is 16.5. The lowest BCUT2D eigenvalue weighted by Gasteiger charge is -2.36. The number of aliphatic hydroxyl groups is 1. The minimum absolute atomic E-state index is 0.0811. The number of aliphatic hydroxyl groups excluding tert-OH is 1. The minimum atomic E-state index is 0.0811. The van der Waals surface area contributed by atoms with Crippen LogP contribution in [0.25, 0.3) is 0 Å². The molecule has 0 aromatic heterocycles. The van der Waals surface area contributed by atoms with Crippen molar-refractivity contribution >= 4 is 5.96 Å². The summed E-state index contributed by atoms with van der Waals surface area (Å²) < 4.78 is 6.16. The average molecular weight is 417 g/mol. The number of hydrogen-bond acceptors (Lipinski definition) is 4. The molecule has 0 radical (unpaired) electrons. The topological polar surface area (TPSA) is 60.3 Å². The summed E-state index contributed by atoms with van der Waals surface area (Å²) in [7, 11) is 0. The van der Waals surface area contributed by atoms with E-state index in [1.165, 1.54) is 5.56 Å². The van der Waals surface area contributed by atoms with Crippen LogP contribution in [0.5, 0.6) is 0 Å². The van der Waals surface area contributed by atoms with E-state index >= 15 is 0 Å². The predicted octanol–water partition coefficient (Wildman–Crippen LogP) is 2.73. The van der Waals surface area contributed by atoms with Gasteiger partial charge in [-0.3, -0.25) is 9.89 Å². The summed E-state index contributed by atoms with van der Waals surface area (Å²) in [6, 6.07) is 11.1. The summed E-state index contributed by atoms with van der Waals surface area (Å²) in [6.45, 7) is 12.9. The first kappa shape index (κ1) is 23.0. The second-order valence-electron chi connectivity index (χ2n) is 8.69. The minimum Gasteiger partial charge on any atom is -0.396 e. The Labute approximate surface area is 182 Å². The number of rotatable bonds is 9. The molecule has 6 nitrogen and oxygen atoms in total. The van der Waals surface area contributed by atoms with E-state index < -0.39 is 0 Å². The van der Waals surface area contributed by atoms with Gasteiger partial charge in [0.2, 0.25) is 0 Å². The first-order chi connectivity index (χ1) is 14.6. The molecule has 2 N–H and O–H groups in total. The van der Waals surface area contributed by atoms with Crippen LogP contribution < -0.4 is 5.32 Å².